The maximum Gasteiger partial charge on any atom is 0.165 e. The van der Waals surface area contributed by atoms with Crippen LogP contribution in [0.3, 0.4) is 0 Å². The molecule has 7 aromatic carbocycles. The number of rotatable bonds is 3. The van der Waals surface area contributed by atoms with E-state index in [0.717, 1.165) is 39.1 Å². The number of hydrogen-bond donors (Lipinski definition) is 0. The van der Waals surface area contributed by atoms with Gasteiger partial charge in [-0.25, -0.2) is 9.97 Å². The average molecular weight is 604 g/mol. The van der Waals surface area contributed by atoms with Crippen LogP contribution in [0.2, 0.25) is 0 Å². The molecule has 0 fully saturated rings. The molecule has 0 amide bonds. The molecule has 0 aliphatic rings. The fourth-order valence-electron chi connectivity index (χ4n) is 7.12. The molecule has 0 atom stereocenters. The van der Waals surface area contributed by atoms with Crippen LogP contribution in [0.4, 0.5) is 0 Å². The molecular formula is C42H25N3S. The molecule has 0 unspecified atom stereocenters. The Kier molecular flexibility index (Phi) is 5.45. The molecule has 10 aromatic rings. The zero-order chi connectivity index (χ0) is 30.2. The lowest BCUT2D eigenvalue weighted by Crippen LogP contribution is -2.04. The van der Waals surface area contributed by atoms with E-state index in [1.54, 1.807) is 0 Å². The smallest absolute Gasteiger partial charge is 0.165 e. The molecule has 0 radical (unpaired) electrons. The van der Waals surface area contributed by atoms with Crippen LogP contribution in [0.5, 0.6) is 0 Å². The van der Waals surface area contributed by atoms with Crippen LogP contribution in [0.1, 0.15) is 0 Å². The molecule has 0 N–H and O–H groups in total. The van der Waals surface area contributed by atoms with Crippen molar-refractivity contribution in [3.05, 3.63) is 152 Å². The van der Waals surface area contributed by atoms with E-state index in [4.69, 9.17) is 9.97 Å². The van der Waals surface area contributed by atoms with Crippen molar-refractivity contribution in [1.82, 2.24) is 14.5 Å². The summed E-state index contributed by atoms with van der Waals surface area (Å²) >= 11 is 1.87. The largest absolute Gasteiger partial charge is 0.291 e. The number of thiophene rings is 1. The molecule has 46 heavy (non-hydrogen) atoms. The fraction of sp³-hybridized carbons (Fsp3) is 0. The van der Waals surface area contributed by atoms with Crippen molar-refractivity contribution < 1.29 is 0 Å². The van der Waals surface area contributed by atoms with E-state index in [9.17, 15) is 0 Å². The Labute approximate surface area is 268 Å². The number of para-hydroxylation sites is 4. The van der Waals surface area contributed by atoms with Crippen molar-refractivity contribution >= 4 is 75.1 Å². The van der Waals surface area contributed by atoms with Crippen molar-refractivity contribution in [3.63, 3.8) is 0 Å². The molecule has 0 saturated carbocycles. The fourth-order valence-corrected chi connectivity index (χ4v) is 8.28. The molecule has 0 aliphatic heterocycles. The number of benzene rings is 7. The maximum absolute atomic E-state index is 5.34. The van der Waals surface area contributed by atoms with Crippen LogP contribution in [0.25, 0.3) is 92.0 Å². The highest BCUT2D eigenvalue weighted by atomic mass is 32.1. The minimum Gasteiger partial charge on any atom is -0.291 e. The molecule has 3 nitrogen and oxygen atoms in total. The summed E-state index contributed by atoms with van der Waals surface area (Å²) in [5.41, 5.74) is 8.27. The summed E-state index contributed by atoms with van der Waals surface area (Å²) in [6.45, 7) is 0. The second kappa shape index (κ2) is 9.83. The van der Waals surface area contributed by atoms with E-state index in [1.807, 2.05) is 35.6 Å². The van der Waals surface area contributed by atoms with Crippen LogP contribution < -0.4 is 0 Å². The molecule has 214 valence electrons. The van der Waals surface area contributed by atoms with Crippen LogP contribution >= 0.6 is 11.3 Å². The van der Waals surface area contributed by atoms with Gasteiger partial charge in [-0.1, -0.05) is 121 Å². The zero-order valence-electron chi connectivity index (χ0n) is 24.7. The van der Waals surface area contributed by atoms with Gasteiger partial charge in [0.15, 0.2) is 5.82 Å². The van der Waals surface area contributed by atoms with Gasteiger partial charge in [-0.15, -0.1) is 11.3 Å². The molecular weight excluding hydrogens is 579 g/mol. The first kappa shape index (κ1) is 25.5. The maximum atomic E-state index is 5.34. The lowest BCUT2D eigenvalue weighted by atomic mass is 9.99. The third-order valence-corrected chi connectivity index (χ3v) is 10.3. The number of hydrogen-bond acceptors (Lipinski definition) is 3. The summed E-state index contributed by atoms with van der Waals surface area (Å²) in [5, 5.41) is 7.63. The second-order valence-electron chi connectivity index (χ2n) is 11.8. The third-order valence-electron chi connectivity index (χ3n) is 9.18. The van der Waals surface area contributed by atoms with Gasteiger partial charge in [0.05, 0.1) is 22.1 Å². The summed E-state index contributed by atoms with van der Waals surface area (Å²) in [4.78, 5) is 10.6. The Bertz CT molecular complexity index is 2810. The lowest BCUT2D eigenvalue weighted by Gasteiger charge is -2.15. The normalized spacial score (nSPS) is 11.9. The number of aromatic nitrogens is 3. The molecule has 10 rings (SSSR count). The van der Waals surface area contributed by atoms with Crippen molar-refractivity contribution in [3.8, 4) is 28.2 Å². The highest BCUT2D eigenvalue weighted by Gasteiger charge is 2.22. The molecule has 0 aliphatic carbocycles. The molecule has 3 heterocycles. The first-order chi connectivity index (χ1) is 22.8. The van der Waals surface area contributed by atoms with Gasteiger partial charge >= 0.3 is 0 Å². The Morgan fingerprint density at radius 3 is 2.11 bits per heavy atom. The van der Waals surface area contributed by atoms with Crippen molar-refractivity contribution in [2.45, 2.75) is 0 Å². The van der Waals surface area contributed by atoms with Gasteiger partial charge in [0.25, 0.3) is 0 Å². The third kappa shape index (κ3) is 3.71. The first-order valence-electron chi connectivity index (χ1n) is 15.5. The Balaban J connectivity index is 1.30. The molecule has 3 aromatic heterocycles. The standard InChI is InChI=1S/C42H25N3S/c1-2-12-27(13-3-1)40-42(44-35-19-8-7-18-34(35)43-40)45-36-20-9-6-15-31(36)32-17-10-16-30(41(32)45)28-21-23-33-38(25-28)46-37-24-22-26-11-4-5-14-29(26)39(33)37/h1-25H. The predicted octanol–water partition coefficient (Wildman–Crippen LogP) is 11.6. The quantitative estimate of drug-likeness (QED) is 0.201. The van der Waals surface area contributed by atoms with Gasteiger partial charge in [0.1, 0.15) is 5.69 Å². The van der Waals surface area contributed by atoms with E-state index in [-0.39, 0.29) is 0 Å². The SMILES string of the molecule is c1ccc(-c2nc3ccccc3nc2-n2c3ccccc3c3cccc(-c4ccc5c(c4)sc4ccc6ccccc6c45)c32)cc1. The van der Waals surface area contributed by atoms with Crippen molar-refractivity contribution in [2.24, 2.45) is 0 Å². The van der Waals surface area contributed by atoms with Gasteiger partial charge in [-0.2, -0.15) is 0 Å². The van der Waals surface area contributed by atoms with E-state index >= 15 is 0 Å². The van der Waals surface area contributed by atoms with Gasteiger partial charge in [-0.05, 0) is 46.7 Å². The van der Waals surface area contributed by atoms with E-state index in [1.165, 1.54) is 52.8 Å². The zero-order valence-corrected chi connectivity index (χ0v) is 25.5. The van der Waals surface area contributed by atoms with Crippen LogP contribution in [-0.2, 0) is 0 Å². The summed E-state index contributed by atoms with van der Waals surface area (Å²) in [7, 11) is 0. The average Bonchev–Trinajstić information content (AvgIpc) is 3.67. The van der Waals surface area contributed by atoms with Crippen LogP contribution in [0.15, 0.2) is 152 Å². The van der Waals surface area contributed by atoms with E-state index in [0.29, 0.717) is 0 Å². The van der Waals surface area contributed by atoms with Gasteiger partial charge in [0, 0.05) is 42.1 Å². The Morgan fingerprint density at radius 1 is 0.478 bits per heavy atom. The lowest BCUT2D eigenvalue weighted by molar-refractivity contribution is 1.08. The van der Waals surface area contributed by atoms with E-state index in [2.05, 4.69) is 132 Å². The summed E-state index contributed by atoms with van der Waals surface area (Å²) in [5.74, 6) is 0.831. The van der Waals surface area contributed by atoms with Gasteiger partial charge in [-0.3, -0.25) is 4.57 Å². The number of nitrogens with zero attached hydrogens (tertiary/aromatic N) is 3. The summed E-state index contributed by atoms with van der Waals surface area (Å²) in [6, 6.07) is 54.1. The minimum absolute atomic E-state index is 0.831. The summed E-state index contributed by atoms with van der Waals surface area (Å²) < 4.78 is 4.95. The molecule has 4 heteroatoms. The second-order valence-corrected chi connectivity index (χ2v) is 12.9. The number of fused-ring (bicyclic) bond motifs is 9. The van der Waals surface area contributed by atoms with Crippen LogP contribution in [0, 0.1) is 0 Å². The highest BCUT2D eigenvalue weighted by molar-refractivity contribution is 7.26. The van der Waals surface area contributed by atoms with Crippen molar-refractivity contribution in [2.75, 3.05) is 0 Å². The van der Waals surface area contributed by atoms with E-state index < -0.39 is 0 Å². The summed E-state index contributed by atoms with van der Waals surface area (Å²) in [6.07, 6.45) is 0. The molecule has 0 bridgehead atoms. The Hall–Kier alpha value is -5.84. The monoisotopic (exact) mass is 603 g/mol. The Morgan fingerprint density at radius 2 is 1.22 bits per heavy atom. The van der Waals surface area contributed by atoms with Gasteiger partial charge < -0.3 is 0 Å². The molecule has 0 saturated heterocycles. The predicted molar refractivity (Wildman–Crippen MR) is 195 cm³/mol. The first-order valence-corrected chi connectivity index (χ1v) is 16.3. The molecule has 0 spiro atoms. The minimum atomic E-state index is 0.831. The van der Waals surface area contributed by atoms with Gasteiger partial charge in [0.2, 0.25) is 0 Å². The highest BCUT2D eigenvalue weighted by Crippen LogP contribution is 2.43. The van der Waals surface area contributed by atoms with Crippen LogP contribution in [-0.4, -0.2) is 14.5 Å². The topological polar surface area (TPSA) is 30.7 Å². The van der Waals surface area contributed by atoms with Crippen molar-refractivity contribution in [1.29, 1.82) is 0 Å².